The monoisotopic (exact) mass is 359 g/mol. The van der Waals surface area contributed by atoms with Crippen molar-refractivity contribution in [2.24, 2.45) is 16.7 Å². The van der Waals surface area contributed by atoms with E-state index in [4.69, 9.17) is 4.74 Å². The van der Waals surface area contributed by atoms with Crippen molar-refractivity contribution in [2.75, 3.05) is 32.8 Å². The molecule has 0 unspecified atom stereocenters. The maximum Gasteiger partial charge on any atom is 0.306 e. The first-order valence-corrected chi connectivity index (χ1v) is 9.70. The van der Waals surface area contributed by atoms with E-state index in [-0.39, 0.29) is 12.4 Å². The van der Waals surface area contributed by atoms with E-state index in [9.17, 15) is 18.7 Å². The Morgan fingerprint density at radius 3 is 2.28 bits per heavy atom. The van der Waals surface area contributed by atoms with Crippen LogP contribution in [0.4, 0.5) is 8.78 Å². The molecule has 3 aliphatic rings. The van der Waals surface area contributed by atoms with Gasteiger partial charge in [-0.05, 0) is 69.9 Å². The van der Waals surface area contributed by atoms with Gasteiger partial charge in [-0.15, -0.1) is 0 Å². The number of halogens is 2. The molecule has 2 aliphatic carbocycles. The minimum Gasteiger partial charge on any atom is -0.466 e. The zero-order chi connectivity index (χ0) is 18.1. The molecule has 1 saturated heterocycles. The molecule has 0 aromatic carbocycles. The molecule has 1 N–H and O–H groups in total. The van der Waals surface area contributed by atoms with Gasteiger partial charge < -0.3 is 14.7 Å². The third-order valence-electron chi connectivity index (χ3n) is 6.88. The minimum absolute atomic E-state index is 0.0852. The Hall–Kier alpha value is -0.750. The summed E-state index contributed by atoms with van der Waals surface area (Å²) >= 11 is 0. The SMILES string of the molecule is CCOC(=O)CC1CCC2(CC1)CCN(C[C@]1(CO)CC1(F)F)CC2. The van der Waals surface area contributed by atoms with Gasteiger partial charge in [0.1, 0.15) is 0 Å². The van der Waals surface area contributed by atoms with E-state index < -0.39 is 17.9 Å². The highest BCUT2D eigenvalue weighted by molar-refractivity contribution is 5.69. The van der Waals surface area contributed by atoms with Crippen LogP contribution in [0.15, 0.2) is 0 Å². The lowest BCUT2D eigenvalue weighted by Crippen LogP contribution is -2.45. The highest BCUT2D eigenvalue weighted by atomic mass is 19.3. The Morgan fingerprint density at radius 2 is 1.80 bits per heavy atom. The van der Waals surface area contributed by atoms with Crippen LogP contribution in [0.25, 0.3) is 0 Å². The molecule has 0 aromatic rings. The number of hydrogen-bond acceptors (Lipinski definition) is 4. The van der Waals surface area contributed by atoms with Gasteiger partial charge in [-0.25, -0.2) is 8.78 Å². The molecule has 0 aromatic heterocycles. The molecule has 0 bridgehead atoms. The predicted molar refractivity (Wildman–Crippen MR) is 90.4 cm³/mol. The maximum absolute atomic E-state index is 13.5. The van der Waals surface area contributed by atoms with Gasteiger partial charge in [-0.3, -0.25) is 4.79 Å². The van der Waals surface area contributed by atoms with Crippen molar-refractivity contribution in [1.29, 1.82) is 0 Å². The number of alkyl halides is 2. The van der Waals surface area contributed by atoms with Gasteiger partial charge in [-0.2, -0.15) is 0 Å². The van der Waals surface area contributed by atoms with Crippen LogP contribution in [0, 0.1) is 16.7 Å². The molecule has 1 aliphatic heterocycles. The lowest BCUT2D eigenvalue weighted by Gasteiger charge is -2.46. The summed E-state index contributed by atoms with van der Waals surface area (Å²) in [6.07, 6.45) is 6.85. The second-order valence-corrected chi connectivity index (χ2v) is 8.55. The highest BCUT2D eigenvalue weighted by Crippen LogP contribution is 2.60. The van der Waals surface area contributed by atoms with Gasteiger partial charge in [-0.1, -0.05) is 0 Å². The molecule has 6 heteroatoms. The zero-order valence-corrected chi connectivity index (χ0v) is 15.2. The predicted octanol–water partition coefficient (Wildman–Crippen LogP) is 3.23. The second-order valence-electron chi connectivity index (χ2n) is 8.55. The van der Waals surface area contributed by atoms with E-state index in [1.54, 1.807) is 0 Å². The van der Waals surface area contributed by atoms with Crippen LogP contribution < -0.4 is 0 Å². The first-order chi connectivity index (χ1) is 11.8. The smallest absolute Gasteiger partial charge is 0.306 e. The number of nitrogens with zero attached hydrogens (tertiary/aromatic N) is 1. The molecule has 0 radical (unpaired) electrons. The number of aliphatic hydroxyl groups excluding tert-OH is 1. The summed E-state index contributed by atoms with van der Waals surface area (Å²) in [7, 11) is 0. The number of esters is 1. The molecule has 2 saturated carbocycles. The lowest BCUT2D eigenvalue weighted by atomic mass is 9.65. The Labute approximate surface area is 148 Å². The van der Waals surface area contributed by atoms with E-state index in [1.807, 2.05) is 6.92 Å². The van der Waals surface area contributed by atoms with Crippen LogP contribution in [0.3, 0.4) is 0 Å². The Morgan fingerprint density at radius 1 is 1.20 bits per heavy atom. The molecule has 3 fully saturated rings. The summed E-state index contributed by atoms with van der Waals surface area (Å²) in [4.78, 5) is 13.7. The summed E-state index contributed by atoms with van der Waals surface area (Å²) in [6, 6.07) is 0. The Balaban J connectivity index is 1.43. The molecule has 144 valence electrons. The molecule has 1 heterocycles. The average molecular weight is 359 g/mol. The molecular formula is C19H31F2NO3. The van der Waals surface area contributed by atoms with Crippen LogP contribution in [-0.4, -0.2) is 54.7 Å². The van der Waals surface area contributed by atoms with Crippen molar-refractivity contribution in [3.8, 4) is 0 Å². The van der Waals surface area contributed by atoms with E-state index in [1.165, 1.54) is 0 Å². The zero-order valence-electron chi connectivity index (χ0n) is 15.2. The van der Waals surface area contributed by atoms with Gasteiger partial charge in [0, 0.05) is 19.4 Å². The van der Waals surface area contributed by atoms with Gasteiger partial charge in [0.25, 0.3) is 5.92 Å². The van der Waals surface area contributed by atoms with Gasteiger partial charge >= 0.3 is 5.97 Å². The first kappa shape index (κ1) is 19.0. The largest absolute Gasteiger partial charge is 0.466 e. The average Bonchev–Trinajstić information content (AvgIpc) is 3.13. The number of piperidine rings is 1. The van der Waals surface area contributed by atoms with E-state index in [0.717, 1.165) is 51.6 Å². The fourth-order valence-electron chi connectivity index (χ4n) is 4.84. The summed E-state index contributed by atoms with van der Waals surface area (Å²) in [5, 5.41) is 9.36. The highest BCUT2D eigenvalue weighted by Gasteiger charge is 2.71. The number of aliphatic hydroxyl groups is 1. The third-order valence-corrected chi connectivity index (χ3v) is 6.88. The second kappa shape index (κ2) is 7.10. The molecule has 25 heavy (non-hydrogen) atoms. The fraction of sp³-hybridized carbons (Fsp3) is 0.947. The molecule has 1 spiro atoms. The van der Waals surface area contributed by atoms with E-state index in [0.29, 0.717) is 30.9 Å². The number of likely N-dealkylation sites (tertiary alicyclic amines) is 1. The molecule has 1 atom stereocenters. The summed E-state index contributed by atoms with van der Waals surface area (Å²) in [6.45, 7) is 3.87. The van der Waals surface area contributed by atoms with Crippen molar-refractivity contribution < 1.29 is 23.4 Å². The van der Waals surface area contributed by atoms with Crippen molar-refractivity contribution in [1.82, 2.24) is 4.90 Å². The third kappa shape index (κ3) is 4.00. The standard InChI is InChI=1S/C19H31F2NO3/c1-2-25-16(24)11-15-3-5-17(6-4-15)7-9-22(10-8-17)13-18(14-23)12-19(18,20)21/h15,23H,2-14H2,1H3/t18-/m0/s1. The van der Waals surface area contributed by atoms with Crippen molar-refractivity contribution in [2.45, 2.75) is 64.2 Å². The molecule has 0 amide bonds. The number of rotatable bonds is 6. The van der Waals surface area contributed by atoms with Gasteiger partial charge in [0.05, 0.1) is 18.6 Å². The van der Waals surface area contributed by atoms with Crippen molar-refractivity contribution >= 4 is 5.97 Å². The van der Waals surface area contributed by atoms with Gasteiger partial charge in [0.15, 0.2) is 0 Å². The molecule has 4 nitrogen and oxygen atoms in total. The number of carbonyl (C=O) groups is 1. The van der Waals surface area contributed by atoms with Crippen molar-refractivity contribution in [3.63, 3.8) is 0 Å². The number of hydrogen-bond donors (Lipinski definition) is 1. The normalized spacial score (nSPS) is 31.8. The quantitative estimate of drug-likeness (QED) is 0.740. The van der Waals surface area contributed by atoms with Crippen LogP contribution >= 0.6 is 0 Å². The lowest BCUT2D eigenvalue weighted by molar-refractivity contribution is -0.144. The topological polar surface area (TPSA) is 49.8 Å². The van der Waals surface area contributed by atoms with E-state index in [2.05, 4.69) is 4.90 Å². The Bertz CT molecular complexity index is 481. The minimum atomic E-state index is -2.69. The molecular weight excluding hydrogens is 328 g/mol. The van der Waals surface area contributed by atoms with Crippen LogP contribution in [-0.2, 0) is 9.53 Å². The van der Waals surface area contributed by atoms with E-state index >= 15 is 0 Å². The summed E-state index contributed by atoms with van der Waals surface area (Å²) in [5.74, 6) is -2.34. The number of ether oxygens (including phenoxy) is 1. The summed E-state index contributed by atoms with van der Waals surface area (Å²) < 4.78 is 32.1. The fourth-order valence-corrected chi connectivity index (χ4v) is 4.84. The van der Waals surface area contributed by atoms with Crippen LogP contribution in [0.5, 0.6) is 0 Å². The molecule has 3 rings (SSSR count). The first-order valence-electron chi connectivity index (χ1n) is 9.70. The van der Waals surface area contributed by atoms with Gasteiger partial charge in [0.2, 0.25) is 0 Å². The number of carbonyl (C=O) groups excluding carboxylic acids is 1. The van der Waals surface area contributed by atoms with Crippen LogP contribution in [0.2, 0.25) is 0 Å². The summed E-state index contributed by atoms with van der Waals surface area (Å²) in [5.41, 5.74) is -0.852. The van der Waals surface area contributed by atoms with Crippen molar-refractivity contribution in [3.05, 3.63) is 0 Å². The maximum atomic E-state index is 13.5. The van der Waals surface area contributed by atoms with Crippen LogP contribution in [0.1, 0.15) is 58.3 Å². The Kier molecular flexibility index (Phi) is 5.41.